The summed E-state index contributed by atoms with van der Waals surface area (Å²) in [7, 11) is 0. The number of halogens is 3. The number of carboxylic acid groups (broad SMARTS) is 1. The van der Waals surface area contributed by atoms with Crippen molar-refractivity contribution in [2.24, 2.45) is 0 Å². The summed E-state index contributed by atoms with van der Waals surface area (Å²) in [4.78, 5) is 23.5. The van der Waals surface area contributed by atoms with Crippen LogP contribution < -0.4 is 19.5 Å². The van der Waals surface area contributed by atoms with Crippen LogP contribution in [-0.4, -0.2) is 34.8 Å². The van der Waals surface area contributed by atoms with Crippen LogP contribution >= 0.6 is 0 Å². The monoisotopic (exact) mass is 519 g/mol. The first kappa shape index (κ1) is 27.2. The number of benzene rings is 3. The Balaban J connectivity index is 1.85. The standard InChI is InChI=1S/C26H24F3NO7/c1-3-22(36-16-7-5-4-6-8-16)25(34)30-20-13-17(9-10-21(20)31)37-24-15(2)11-18(35-14-23(32)33)12-19(24)26(27,28)29/h4-13,22,31H,3,14H2,1-2H3,(H,30,34)(H,32,33). The molecule has 3 aromatic carbocycles. The van der Waals surface area contributed by atoms with Gasteiger partial charge < -0.3 is 29.7 Å². The van der Waals surface area contributed by atoms with Crippen LogP contribution in [0.25, 0.3) is 0 Å². The van der Waals surface area contributed by atoms with Crippen molar-refractivity contribution in [2.75, 3.05) is 11.9 Å². The van der Waals surface area contributed by atoms with E-state index in [0.29, 0.717) is 18.2 Å². The van der Waals surface area contributed by atoms with E-state index in [-0.39, 0.29) is 28.5 Å². The second kappa shape index (κ2) is 11.5. The summed E-state index contributed by atoms with van der Waals surface area (Å²) in [5.74, 6) is -2.72. The van der Waals surface area contributed by atoms with Crippen molar-refractivity contribution in [3.63, 3.8) is 0 Å². The number of carbonyl (C=O) groups is 2. The van der Waals surface area contributed by atoms with Crippen molar-refractivity contribution in [2.45, 2.75) is 32.5 Å². The van der Waals surface area contributed by atoms with Crippen LogP contribution in [0.3, 0.4) is 0 Å². The summed E-state index contributed by atoms with van der Waals surface area (Å²) in [6.07, 6.45) is -5.44. The van der Waals surface area contributed by atoms with E-state index in [1.54, 1.807) is 37.3 Å². The van der Waals surface area contributed by atoms with E-state index in [4.69, 9.17) is 19.3 Å². The number of phenolic OH excluding ortho intramolecular Hbond substituents is 1. The maximum Gasteiger partial charge on any atom is 0.420 e. The van der Waals surface area contributed by atoms with Crippen LogP contribution in [-0.2, 0) is 15.8 Å². The molecule has 0 spiro atoms. The Labute approximate surface area is 210 Å². The fraction of sp³-hybridized carbons (Fsp3) is 0.231. The molecule has 0 aromatic heterocycles. The molecule has 3 N–H and O–H groups in total. The zero-order valence-electron chi connectivity index (χ0n) is 19.8. The Kier molecular flexibility index (Phi) is 8.49. The zero-order chi connectivity index (χ0) is 27.2. The first-order valence-corrected chi connectivity index (χ1v) is 11.1. The fourth-order valence-corrected chi connectivity index (χ4v) is 3.31. The van der Waals surface area contributed by atoms with E-state index in [1.165, 1.54) is 25.1 Å². The van der Waals surface area contributed by atoms with Crippen molar-refractivity contribution >= 4 is 17.6 Å². The van der Waals surface area contributed by atoms with E-state index in [9.17, 15) is 27.9 Å². The van der Waals surface area contributed by atoms with Crippen LogP contribution in [0.15, 0.2) is 60.7 Å². The van der Waals surface area contributed by atoms with Gasteiger partial charge in [-0.15, -0.1) is 0 Å². The number of carbonyl (C=O) groups excluding carboxylic acids is 1. The van der Waals surface area contributed by atoms with Crippen molar-refractivity contribution in [3.05, 3.63) is 71.8 Å². The molecule has 0 radical (unpaired) electrons. The number of aromatic hydroxyl groups is 1. The summed E-state index contributed by atoms with van der Waals surface area (Å²) < 4.78 is 57.4. The SMILES string of the molecule is CCC(Oc1ccccc1)C(=O)Nc1cc(Oc2c(C)cc(OCC(=O)O)cc2C(F)(F)F)ccc1O. The van der Waals surface area contributed by atoms with Crippen LogP contribution in [0.1, 0.15) is 24.5 Å². The summed E-state index contributed by atoms with van der Waals surface area (Å²) in [6.45, 7) is 2.26. The summed E-state index contributed by atoms with van der Waals surface area (Å²) in [5.41, 5.74) is -1.25. The number of phenols is 1. The molecule has 196 valence electrons. The molecule has 0 saturated heterocycles. The minimum Gasteiger partial charge on any atom is -0.506 e. The molecule has 1 amide bonds. The first-order valence-electron chi connectivity index (χ1n) is 11.1. The number of nitrogens with one attached hydrogen (secondary N) is 1. The van der Waals surface area contributed by atoms with E-state index < -0.39 is 42.1 Å². The molecule has 8 nitrogen and oxygen atoms in total. The van der Waals surface area contributed by atoms with Gasteiger partial charge in [0.25, 0.3) is 5.91 Å². The lowest BCUT2D eigenvalue weighted by Crippen LogP contribution is -2.32. The van der Waals surface area contributed by atoms with E-state index in [2.05, 4.69) is 5.32 Å². The van der Waals surface area contributed by atoms with E-state index in [0.717, 1.165) is 6.07 Å². The minimum absolute atomic E-state index is 0.0242. The number of para-hydroxylation sites is 1. The third-order valence-corrected chi connectivity index (χ3v) is 5.05. The van der Waals surface area contributed by atoms with Gasteiger partial charge in [0.15, 0.2) is 12.7 Å². The predicted molar refractivity (Wildman–Crippen MR) is 127 cm³/mol. The molecule has 1 unspecified atom stereocenters. The van der Waals surface area contributed by atoms with Gasteiger partial charge in [0.1, 0.15) is 34.3 Å². The molecule has 0 aliphatic rings. The molecular weight excluding hydrogens is 495 g/mol. The quantitative estimate of drug-likeness (QED) is 0.291. The van der Waals surface area contributed by atoms with Crippen molar-refractivity contribution in [1.29, 1.82) is 0 Å². The molecule has 1 atom stereocenters. The minimum atomic E-state index is -4.85. The van der Waals surface area contributed by atoms with Gasteiger partial charge in [0, 0.05) is 6.07 Å². The second-order valence-electron chi connectivity index (χ2n) is 7.90. The van der Waals surface area contributed by atoms with Gasteiger partial charge in [-0.3, -0.25) is 4.79 Å². The molecule has 37 heavy (non-hydrogen) atoms. The van der Waals surface area contributed by atoms with Crippen LogP contribution in [0, 0.1) is 6.92 Å². The lowest BCUT2D eigenvalue weighted by Gasteiger charge is -2.19. The summed E-state index contributed by atoms with van der Waals surface area (Å²) in [5, 5.41) is 21.5. The maximum atomic E-state index is 13.8. The van der Waals surface area contributed by atoms with Crippen LogP contribution in [0.2, 0.25) is 0 Å². The number of rotatable bonds is 10. The van der Waals surface area contributed by atoms with Crippen molar-refractivity contribution < 1.29 is 47.2 Å². The lowest BCUT2D eigenvalue weighted by atomic mass is 10.1. The average Bonchev–Trinajstić information content (AvgIpc) is 2.84. The van der Waals surface area contributed by atoms with Gasteiger partial charge in [0.05, 0.1) is 5.69 Å². The molecule has 0 bridgehead atoms. The number of hydrogen-bond donors (Lipinski definition) is 3. The van der Waals surface area contributed by atoms with Gasteiger partial charge in [0.2, 0.25) is 0 Å². The maximum absolute atomic E-state index is 13.8. The number of anilines is 1. The normalized spacial score (nSPS) is 11.9. The third-order valence-electron chi connectivity index (χ3n) is 5.05. The Hall–Kier alpha value is -4.41. The largest absolute Gasteiger partial charge is 0.506 e. The van der Waals surface area contributed by atoms with Gasteiger partial charge in [-0.05, 0) is 55.3 Å². The number of carboxylic acids is 1. The van der Waals surface area contributed by atoms with Gasteiger partial charge >= 0.3 is 12.1 Å². The molecule has 0 aliphatic carbocycles. The Morgan fingerprint density at radius 3 is 2.32 bits per heavy atom. The fourth-order valence-electron chi connectivity index (χ4n) is 3.31. The first-order chi connectivity index (χ1) is 17.5. The highest BCUT2D eigenvalue weighted by Gasteiger charge is 2.36. The van der Waals surface area contributed by atoms with Gasteiger partial charge in [-0.25, -0.2) is 4.79 Å². The molecular formula is C26H24F3NO7. The zero-order valence-corrected chi connectivity index (χ0v) is 19.8. The van der Waals surface area contributed by atoms with E-state index in [1.807, 2.05) is 0 Å². The lowest BCUT2D eigenvalue weighted by molar-refractivity contribution is -0.139. The average molecular weight is 519 g/mol. The predicted octanol–water partition coefficient (Wildman–Crippen LogP) is 5.77. The Morgan fingerprint density at radius 1 is 1.00 bits per heavy atom. The molecule has 11 heteroatoms. The highest BCUT2D eigenvalue weighted by Crippen LogP contribution is 2.43. The number of hydrogen-bond acceptors (Lipinski definition) is 6. The van der Waals surface area contributed by atoms with Crippen LogP contribution in [0.4, 0.5) is 18.9 Å². The Morgan fingerprint density at radius 2 is 1.70 bits per heavy atom. The summed E-state index contributed by atoms with van der Waals surface area (Å²) >= 11 is 0. The molecule has 0 saturated carbocycles. The highest BCUT2D eigenvalue weighted by molar-refractivity contribution is 5.95. The summed E-state index contributed by atoms with van der Waals surface area (Å²) in [6, 6.07) is 14.1. The topological polar surface area (TPSA) is 114 Å². The Bertz CT molecular complexity index is 1260. The molecule has 3 aromatic rings. The van der Waals surface area contributed by atoms with Crippen molar-refractivity contribution in [3.8, 4) is 28.7 Å². The smallest absolute Gasteiger partial charge is 0.420 e. The number of aryl methyl sites for hydroxylation is 1. The molecule has 0 heterocycles. The molecule has 0 fully saturated rings. The molecule has 3 rings (SSSR count). The van der Waals surface area contributed by atoms with Crippen molar-refractivity contribution in [1.82, 2.24) is 0 Å². The van der Waals surface area contributed by atoms with E-state index >= 15 is 0 Å². The second-order valence-corrected chi connectivity index (χ2v) is 7.90. The highest BCUT2D eigenvalue weighted by atomic mass is 19.4. The number of amides is 1. The third kappa shape index (κ3) is 7.29. The van der Waals surface area contributed by atoms with Gasteiger partial charge in [-0.2, -0.15) is 13.2 Å². The number of ether oxygens (including phenoxy) is 3. The van der Waals surface area contributed by atoms with Crippen LogP contribution in [0.5, 0.6) is 28.7 Å². The molecule has 0 aliphatic heterocycles. The number of alkyl halides is 3. The number of aliphatic carboxylic acids is 1. The van der Waals surface area contributed by atoms with Gasteiger partial charge in [-0.1, -0.05) is 25.1 Å².